The molecule has 0 aromatic rings. The molecule has 0 aromatic carbocycles. The fourth-order valence-electron chi connectivity index (χ4n) is 3.00. The molecular weight excluding hydrogens is 226 g/mol. The first kappa shape index (κ1) is 15.4. The average molecular weight is 257 g/mol. The molecule has 1 heterocycles. The van der Waals surface area contributed by atoms with Gasteiger partial charge in [-0.1, -0.05) is 34.1 Å². The van der Waals surface area contributed by atoms with E-state index < -0.39 is 0 Å². The zero-order valence-electron chi connectivity index (χ0n) is 12.2. The molecule has 0 bridgehead atoms. The van der Waals surface area contributed by atoms with Crippen molar-refractivity contribution in [1.82, 2.24) is 4.90 Å². The van der Waals surface area contributed by atoms with Crippen LogP contribution in [0.1, 0.15) is 53.4 Å². The molecule has 1 fully saturated rings. The summed E-state index contributed by atoms with van der Waals surface area (Å²) < 4.78 is 0. The van der Waals surface area contributed by atoms with E-state index in [-0.39, 0.29) is 0 Å². The maximum Gasteiger partial charge on any atom is 0.00175 e. The van der Waals surface area contributed by atoms with E-state index in [0.29, 0.717) is 5.41 Å². The molecule has 1 nitrogen and oxygen atoms in total. The van der Waals surface area contributed by atoms with Crippen LogP contribution in [-0.4, -0.2) is 30.3 Å². The van der Waals surface area contributed by atoms with E-state index in [1.807, 2.05) is 0 Å². The molecule has 102 valence electrons. The Morgan fingerprint density at radius 1 is 1.24 bits per heavy atom. The smallest absolute Gasteiger partial charge is 0.00175 e. The van der Waals surface area contributed by atoms with E-state index in [1.54, 1.807) is 0 Å². The molecule has 0 radical (unpaired) electrons. The Bertz CT molecular complexity index is 201. The van der Waals surface area contributed by atoms with Crippen molar-refractivity contribution in [2.75, 3.05) is 25.4 Å². The van der Waals surface area contributed by atoms with Crippen LogP contribution in [0, 0.1) is 17.3 Å². The van der Waals surface area contributed by atoms with E-state index in [4.69, 9.17) is 0 Å². The van der Waals surface area contributed by atoms with Gasteiger partial charge in [0.05, 0.1) is 0 Å². The van der Waals surface area contributed by atoms with Gasteiger partial charge in [-0.15, -0.1) is 0 Å². The lowest BCUT2D eigenvalue weighted by molar-refractivity contribution is 0.102. The highest BCUT2D eigenvalue weighted by Gasteiger charge is 2.29. The first-order valence-electron chi connectivity index (χ1n) is 7.30. The van der Waals surface area contributed by atoms with E-state index in [2.05, 4.69) is 45.2 Å². The van der Waals surface area contributed by atoms with Gasteiger partial charge in [0.25, 0.3) is 0 Å². The fourth-order valence-corrected chi connectivity index (χ4v) is 3.29. The zero-order chi connectivity index (χ0) is 12.9. The topological polar surface area (TPSA) is 3.24 Å². The standard InChI is InChI=1S/C15H31NS/c1-5-6-13(12-17)11-16-9-7-14(8-10-16)15(2,3)4/h13-14,17H,5-12H2,1-4H3. The lowest BCUT2D eigenvalue weighted by Gasteiger charge is -2.39. The summed E-state index contributed by atoms with van der Waals surface area (Å²) in [6.07, 6.45) is 5.40. The molecule has 1 saturated heterocycles. The number of piperidine rings is 1. The number of hydrogen-bond donors (Lipinski definition) is 1. The molecule has 0 amide bonds. The third kappa shape index (κ3) is 5.21. The predicted molar refractivity (Wildman–Crippen MR) is 80.9 cm³/mol. The number of hydrogen-bond acceptors (Lipinski definition) is 2. The predicted octanol–water partition coefficient (Wildman–Crippen LogP) is 4.09. The summed E-state index contributed by atoms with van der Waals surface area (Å²) in [5.74, 6) is 2.77. The van der Waals surface area contributed by atoms with Crippen LogP contribution in [0.4, 0.5) is 0 Å². The van der Waals surface area contributed by atoms with Gasteiger partial charge < -0.3 is 4.90 Å². The molecule has 0 spiro atoms. The Balaban J connectivity index is 2.31. The van der Waals surface area contributed by atoms with Gasteiger partial charge in [-0.25, -0.2) is 0 Å². The molecule has 1 aliphatic rings. The van der Waals surface area contributed by atoms with Gasteiger partial charge in [0.2, 0.25) is 0 Å². The van der Waals surface area contributed by atoms with Crippen LogP contribution in [0.3, 0.4) is 0 Å². The maximum atomic E-state index is 4.49. The van der Waals surface area contributed by atoms with Crippen molar-refractivity contribution in [1.29, 1.82) is 0 Å². The summed E-state index contributed by atoms with van der Waals surface area (Å²) in [5, 5.41) is 0. The van der Waals surface area contributed by atoms with Crippen LogP contribution in [0.2, 0.25) is 0 Å². The minimum atomic E-state index is 0.498. The number of thiol groups is 1. The van der Waals surface area contributed by atoms with Crippen LogP contribution in [0.15, 0.2) is 0 Å². The van der Waals surface area contributed by atoms with Gasteiger partial charge in [0.15, 0.2) is 0 Å². The summed E-state index contributed by atoms with van der Waals surface area (Å²) in [6.45, 7) is 13.3. The molecule has 1 aliphatic heterocycles. The van der Waals surface area contributed by atoms with Crippen molar-refractivity contribution in [2.45, 2.75) is 53.4 Å². The highest BCUT2D eigenvalue weighted by atomic mass is 32.1. The second-order valence-corrected chi connectivity index (χ2v) is 7.14. The van der Waals surface area contributed by atoms with Gasteiger partial charge in [-0.2, -0.15) is 12.6 Å². The van der Waals surface area contributed by atoms with Crippen LogP contribution in [0.25, 0.3) is 0 Å². The highest BCUT2D eigenvalue weighted by molar-refractivity contribution is 7.80. The van der Waals surface area contributed by atoms with Gasteiger partial charge in [0.1, 0.15) is 0 Å². The normalized spacial score (nSPS) is 21.7. The van der Waals surface area contributed by atoms with Crippen molar-refractivity contribution in [3.63, 3.8) is 0 Å². The Hall–Kier alpha value is 0.310. The Labute approximate surface area is 114 Å². The van der Waals surface area contributed by atoms with E-state index in [9.17, 15) is 0 Å². The monoisotopic (exact) mass is 257 g/mol. The molecule has 0 aromatic heterocycles. The zero-order valence-corrected chi connectivity index (χ0v) is 13.1. The number of rotatable bonds is 5. The van der Waals surface area contributed by atoms with E-state index in [1.165, 1.54) is 45.3 Å². The SMILES string of the molecule is CCCC(CS)CN1CCC(C(C)(C)C)CC1. The van der Waals surface area contributed by atoms with Crippen molar-refractivity contribution in [3.05, 3.63) is 0 Å². The summed E-state index contributed by atoms with van der Waals surface area (Å²) in [6, 6.07) is 0. The molecule has 2 heteroatoms. The minimum absolute atomic E-state index is 0.498. The van der Waals surface area contributed by atoms with Gasteiger partial charge >= 0.3 is 0 Å². The molecule has 1 atom stereocenters. The van der Waals surface area contributed by atoms with Gasteiger partial charge in [-0.3, -0.25) is 0 Å². The first-order valence-corrected chi connectivity index (χ1v) is 7.93. The lowest BCUT2D eigenvalue weighted by atomic mass is 9.75. The molecule has 0 saturated carbocycles. The average Bonchev–Trinajstić information content (AvgIpc) is 2.28. The van der Waals surface area contributed by atoms with Gasteiger partial charge in [-0.05, 0) is 55.4 Å². The van der Waals surface area contributed by atoms with Crippen molar-refractivity contribution in [3.8, 4) is 0 Å². The first-order chi connectivity index (χ1) is 7.97. The quantitative estimate of drug-likeness (QED) is 0.726. The number of likely N-dealkylation sites (tertiary alicyclic amines) is 1. The van der Waals surface area contributed by atoms with Crippen molar-refractivity contribution < 1.29 is 0 Å². The summed E-state index contributed by atoms with van der Waals surface area (Å²) in [4.78, 5) is 2.67. The fraction of sp³-hybridized carbons (Fsp3) is 1.00. The van der Waals surface area contributed by atoms with Crippen molar-refractivity contribution >= 4 is 12.6 Å². The Morgan fingerprint density at radius 2 is 1.82 bits per heavy atom. The third-order valence-corrected chi connectivity index (χ3v) is 4.80. The molecule has 0 aliphatic carbocycles. The lowest BCUT2D eigenvalue weighted by Crippen LogP contribution is -2.40. The maximum absolute atomic E-state index is 4.49. The highest BCUT2D eigenvalue weighted by Crippen LogP contribution is 2.34. The summed E-state index contributed by atoms with van der Waals surface area (Å²) in [7, 11) is 0. The second kappa shape index (κ2) is 7.04. The van der Waals surface area contributed by atoms with E-state index >= 15 is 0 Å². The second-order valence-electron chi connectivity index (χ2n) is 6.78. The van der Waals surface area contributed by atoms with E-state index in [0.717, 1.165) is 17.6 Å². The number of nitrogens with zero attached hydrogens (tertiary/aromatic N) is 1. The minimum Gasteiger partial charge on any atom is -0.303 e. The molecule has 1 rings (SSSR count). The van der Waals surface area contributed by atoms with Gasteiger partial charge in [0, 0.05) is 6.54 Å². The molecular formula is C15H31NS. The summed E-state index contributed by atoms with van der Waals surface area (Å²) in [5.41, 5.74) is 0.498. The Morgan fingerprint density at radius 3 is 2.24 bits per heavy atom. The van der Waals surface area contributed by atoms with Crippen LogP contribution in [0.5, 0.6) is 0 Å². The molecule has 1 unspecified atom stereocenters. The van der Waals surface area contributed by atoms with Crippen LogP contribution >= 0.6 is 12.6 Å². The Kier molecular flexibility index (Phi) is 6.36. The summed E-state index contributed by atoms with van der Waals surface area (Å²) >= 11 is 4.49. The molecule has 0 N–H and O–H groups in total. The van der Waals surface area contributed by atoms with Crippen molar-refractivity contribution in [2.24, 2.45) is 17.3 Å². The largest absolute Gasteiger partial charge is 0.303 e. The molecule has 17 heavy (non-hydrogen) atoms. The third-order valence-electron chi connectivity index (χ3n) is 4.28. The van der Waals surface area contributed by atoms with Crippen LogP contribution < -0.4 is 0 Å². The van der Waals surface area contributed by atoms with Crippen LogP contribution in [-0.2, 0) is 0 Å².